The molecular weight excluding hydrogens is 935 g/mol. The van der Waals surface area contributed by atoms with E-state index in [1.54, 1.807) is 0 Å². The van der Waals surface area contributed by atoms with Gasteiger partial charge < -0.3 is 43.9 Å². The standard InChI is InChI=1S/C56H88F2N8O7/c1-3-70-30-31-72-34-35-73-33-32-71-29-16-51(68)64-40-55(41-64)19-25-62(26-20-55)23-7-10-50(67)63-27-21-54(22-28-63)38-45(39-54)52(60)66(42(2)59)48-36-46-11-12-47(37-48)65(46)24-15-49(43-8-5-4-6-9-43)61-53(69)44-13-17-56(57,58)18-14-44/h4-6,8-9,44-49,59-60H,3,7,10-41H2,1-2H3,(H,61,69)/t46?,47?,48?,49-/m0/s1. The highest BCUT2D eigenvalue weighted by atomic mass is 19.3. The van der Waals surface area contributed by atoms with Crippen LogP contribution in [0.2, 0.25) is 0 Å². The second-order valence-electron chi connectivity index (χ2n) is 22.9. The van der Waals surface area contributed by atoms with E-state index in [4.69, 9.17) is 24.4 Å². The summed E-state index contributed by atoms with van der Waals surface area (Å²) in [6, 6.07) is 10.6. The van der Waals surface area contributed by atoms with Gasteiger partial charge in [0.25, 0.3) is 0 Å². The van der Waals surface area contributed by atoms with E-state index in [2.05, 4.69) is 20.0 Å². The summed E-state index contributed by atoms with van der Waals surface area (Å²) in [4.78, 5) is 50.8. The number of nitrogens with zero attached hydrogens (tertiary/aromatic N) is 5. The van der Waals surface area contributed by atoms with Gasteiger partial charge in [-0.3, -0.25) is 30.1 Å². The minimum absolute atomic E-state index is 0.115. The quantitative estimate of drug-likeness (QED) is 0.0507. The van der Waals surface area contributed by atoms with Crippen molar-refractivity contribution in [2.24, 2.45) is 22.7 Å². The normalized spacial score (nSPS) is 25.3. The van der Waals surface area contributed by atoms with Gasteiger partial charge in [0.2, 0.25) is 23.6 Å². The molecule has 0 radical (unpaired) electrons. The number of piperidine rings is 3. The summed E-state index contributed by atoms with van der Waals surface area (Å²) in [5.41, 5.74) is 1.45. The zero-order valence-corrected chi connectivity index (χ0v) is 44.2. The number of halogens is 2. The Morgan fingerprint density at radius 1 is 0.712 bits per heavy atom. The van der Waals surface area contributed by atoms with Crippen molar-refractivity contribution in [1.82, 2.24) is 29.8 Å². The molecule has 2 bridgehead atoms. The summed E-state index contributed by atoms with van der Waals surface area (Å²) in [6.07, 6.45) is 12.6. The number of amidine groups is 2. The van der Waals surface area contributed by atoms with Crippen molar-refractivity contribution in [2.45, 2.75) is 160 Å². The number of hydrogen-bond donors (Lipinski definition) is 3. The third-order valence-corrected chi connectivity index (χ3v) is 18.0. The first kappa shape index (κ1) is 55.6. The van der Waals surface area contributed by atoms with Gasteiger partial charge in [-0.1, -0.05) is 30.3 Å². The Labute approximate surface area is 434 Å². The van der Waals surface area contributed by atoms with Gasteiger partial charge in [-0.05, 0) is 134 Å². The smallest absolute Gasteiger partial charge is 0.248 e. The molecule has 5 heterocycles. The maximum Gasteiger partial charge on any atom is 0.248 e. The van der Waals surface area contributed by atoms with Crippen molar-refractivity contribution in [3.8, 4) is 0 Å². The van der Waals surface area contributed by atoms with Crippen LogP contribution in [0, 0.1) is 33.5 Å². The van der Waals surface area contributed by atoms with E-state index in [1.165, 1.54) is 0 Å². The molecule has 2 unspecified atom stereocenters. The van der Waals surface area contributed by atoms with E-state index < -0.39 is 5.92 Å². The monoisotopic (exact) mass is 1020 g/mol. The molecule has 15 nitrogen and oxygen atoms in total. The van der Waals surface area contributed by atoms with E-state index in [-0.39, 0.29) is 78.2 Å². The summed E-state index contributed by atoms with van der Waals surface area (Å²) >= 11 is 0. The zero-order valence-electron chi connectivity index (χ0n) is 44.2. The van der Waals surface area contributed by atoms with Crippen molar-refractivity contribution in [1.29, 1.82) is 10.8 Å². The molecule has 3 N–H and O–H groups in total. The van der Waals surface area contributed by atoms with E-state index in [9.17, 15) is 28.6 Å². The van der Waals surface area contributed by atoms with E-state index >= 15 is 0 Å². The number of benzene rings is 1. The summed E-state index contributed by atoms with van der Waals surface area (Å²) in [5.74, 6) is -1.55. The minimum Gasteiger partial charge on any atom is -0.379 e. The first-order valence-corrected chi connectivity index (χ1v) is 28.3. The predicted octanol–water partition coefficient (Wildman–Crippen LogP) is 7.53. The lowest BCUT2D eigenvalue weighted by molar-refractivity contribution is -0.148. The van der Waals surface area contributed by atoms with Gasteiger partial charge in [0.1, 0.15) is 5.84 Å². The molecule has 408 valence electrons. The Hall–Kier alpha value is -3.61. The van der Waals surface area contributed by atoms with Crippen LogP contribution in [0.15, 0.2) is 30.3 Å². The van der Waals surface area contributed by atoms with Crippen LogP contribution in [-0.2, 0) is 33.3 Å². The Morgan fingerprint density at radius 2 is 1.29 bits per heavy atom. The maximum atomic E-state index is 13.9. The van der Waals surface area contributed by atoms with Gasteiger partial charge in [-0.25, -0.2) is 8.78 Å². The van der Waals surface area contributed by atoms with Crippen molar-refractivity contribution >= 4 is 29.4 Å². The van der Waals surface area contributed by atoms with Gasteiger partial charge in [-0.15, -0.1) is 0 Å². The zero-order chi connectivity index (χ0) is 51.4. The molecule has 7 aliphatic rings. The fourth-order valence-electron chi connectivity index (χ4n) is 13.6. The highest BCUT2D eigenvalue weighted by Crippen LogP contribution is 2.54. The molecular formula is C56H88F2N8O7. The van der Waals surface area contributed by atoms with Crippen LogP contribution in [0.4, 0.5) is 8.78 Å². The van der Waals surface area contributed by atoms with Crippen LogP contribution < -0.4 is 5.32 Å². The van der Waals surface area contributed by atoms with Crippen molar-refractivity contribution in [2.75, 3.05) is 105 Å². The fraction of sp³-hybridized carbons (Fsp3) is 0.804. The molecule has 1 aromatic carbocycles. The second kappa shape index (κ2) is 26.0. The number of nitrogens with one attached hydrogen (secondary N) is 3. The third kappa shape index (κ3) is 14.9. The van der Waals surface area contributed by atoms with Crippen LogP contribution in [-0.4, -0.2) is 183 Å². The molecule has 73 heavy (non-hydrogen) atoms. The Bertz CT molecular complexity index is 1940. The number of carbonyl (C=O) groups is 3. The number of likely N-dealkylation sites (tertiary alicyclic amines) is 3. The average Bonchev–Trinajstić information content (AvgIpc) is 3.60. The highest BCUT2D eigenvalue weighted by molar-refractivity contribution is 5.99. The highest BCUT2D eigenvalue weighted by Gasteiger charge is 2.51. The van der Waals surface area contributed by atoms with Gasteiger partial charge in [-0.2, -0.15) is 0 Å². The maximum absolute atomic E-state index is 13.9. The van der Waals surface area contributed by atoms with Gasteiger partial charge in [0.05, 0.1) is 64.5 Å². The lowest BCUT2D eigenvalue weighted by Crippen LogP contribution is -2.62. The van der Waals surface area contributed by atoms with Crippen molar-refractivity contribution < 1.29 is 42.1 Å². The van der Waals surface area contributed by atoms with Crippen LogP contribution in [0.5, 0.6) is 0 Å². The topological polar surface area (TPSA) is 164 Å². The van der Waals surface area contributed by atoms with Gasteiger partial charge >= 0.3 is 0 Å². The molecule has 2 spiro atoms. The molecule has 2 saturated carbocycles. The largest absolute Gasteiger partial charge is 0.379 e. The SMILES string of the molecule is CCOCCOCCOCCOCCC(=O)N1CC2(CCN(CCCC(=O)N3CCC4(CC3)CC(C(=N)N(C(C)=N)C3CC5CCC(C3)N5CC[C@H](NC(=O)C3CCC(F)(F)CC3)c3ccccc3)C4)CC2)C1. The summed E-state index contributed by atoms with van der Waals surface area (Å²) in [5, 5.41) is 21.6. The number of carbonyl (C=O) groups excluding carboxylic acids is 3. The Morgan fingerprint density at radius 3 is 1.89 bits per heavy atom. The fourth-order valence-corrected chi connectivity index (χ4v) is 13.6. The van der Waals surface area contributed by atoms with Gasteiger partial charge in [0, 0.05) is 94.0 Å². The average molecular weight is 1020 g/mol. The lowest BCUT2D eigenvalue weighted by Gasteiger charge is -2.54. The van der Waals surface area contributed by atoms with Crippen LogP contribution in [0.3, 0.4) is 0 Å². The second-order valence-corrected chi connectivity index (χ2v) is 22.9. The van der Waals surface area contributed by atoms with Crippen LogP contribution >= 0.6 is 0 Å². The summed E-state index contributed by atoms with van der Waals surface area (Å²) in [7, 11) is 0. The summed E-state index contributed by atoms with van der Waals surface area (Å²) < 4.78 is 49.6. The van der Waals surface area contributed by atoms with Crippen molar-refractivity contribution in [3.05, 3.63) is 35.9 Å². The predicted molar refractivity (Wildman–Crippen MR) is 277 cm³/mol. The van der Waals surface area contributed by atoms with E-state index in [0.29, 0.717) is 89.5 Å². The van der Waals surface area contributed by atoms with Crippen molar-refractivity contribution in [3.63, 3.8) is 0 Å². The molecule has 17 heteroatoms. The number of fused-ring (bicyclic) bond motifs is 2. The van der Waals surface area contributed by atoms with Crippen LogP contribution in [0.25, 0.3) is 0 Å². The Balaban J connectivity index is 0.684. The number of alkyl halides is 2. The van der Waals surface area contributed by atoms with Gasteiger partial charge in [0.15, 0.2) is 0 Å². The lowest BCUT2D eigenvalue weighted by atomic mass is 9.57. The molecule has 1 aromatic rings. The minimum atomic E-state index is -2.67. The number of rotatable bonds is 25. The first-order chi connectivity index (χ1) is 35.2. The number of hydrogen-bond acceptors (Lipinski definition) is 11. The number of amides is 3. The molecule has 8 rings (SSSR count). The van der Waals surface area contributed by atoms with Crippen LogP contribution in [0.1, 0.15) is 141 Å². The summed E-state index contributed by atoms with van der Waals surface area (Å²) in [6.45, 7) is 15.1. The van der Waals surface area contributed by atoms with E-state index in [0.717, 1.165) is 135 Å². The number of ether oxygens (including phenoxy) is 4. The molecule has 3 amide bonds. The molecule has 0 aromatic heterocycles. The molecule has 5 aliphatic heterocycles. The van der Waals surface area contributed by atoms with E-state index in [1.807, 2.05) is 54.0 Å². The third-order valence-electron chi connectivity index (χ3n) is 18.0. The molecule has 3 atom stereocenters. The molecule has 2 aliphatic carbocycles. The molecule has 5 saturated heterocycles. The Kier molecular flexibility index (Phi) is 19.8. The molecule has 7 fully saturated rings. The first-order valence-electron chi connectivity index (χ1n) is 28.3.